The van der Waals surface area contributed by atoms with Crippen LogP contribution < -0.4 is 0 Å². The van der Waals surface area contributed by atoms with Gasteiger partial charge in [0.2, 0.25) is 0 Å². The molecular weight excluding hydrogens is 212 g/mol. The minimum Gasteiger partial charge on any atom is -0.458 e. The average Bonchev–Trinajstić information content (AvgIpc) is 2.75. The third-order valence-corrected chi connectivity index (χ3v) is 3.54. The number of hydrogen-bond acceptors (Lipinski definition) is 2. The number of esters is 1. The van der Waals surface area contributed by atoms with Crippen LogP contribution in [0.5, 0.6) is 0 Å². The molecule has 1 aliphatic carbocycles. The summed E-state index contributed by atoms with van der Waals surface area (Å²) in [5.74, 6) is 0.235. The Morgan fingerprint density at radius 3 is 2.71 bits per heavy atom. The van der Waals surface area contributed by atoms with Gasteiger partial charge in [-0.3, -0.25) is 0 Å². The van der Waals surface area contributed by atoms with Crippen LogP contribution in [0, 0.1) is 5.92 Å². The van der Waals surface area contributed by atoms with Crippen molar-refractivity contribution in [3.8, 4) is 0 Å². The third-order valence-electron chi connectivity index (χ3n) is 3.54. The van der Waals surface area contributed by atoms with E-state index in [0.717, 1.165) is 16.7 Å². The summed E-state index contributed by atoms with van der Waals surface area (Å²) >= 11 is 0. The lowest BCUT2D eigenvalue weighted by atomic mass is 9.80. The molecule has 1 aromatic carbocycles. The number of hydrogen-bond donors (Lipinski definition) is 0. The second kappa shape index (κ2) is 3.88. The maximum atomic E-state index is 11.8. The SMILES string of the molecule is C[C@H]1C=C[C@@H](c2ccccc2)C2=C1COC2=O. The Bertz CT molecular complexity index is 511. The molecule has 0 aromatic heterocycles. The quantitative estimate of drug-likeness (QED) is 0.543. The van der Waals surface area contributed by atoms with Crippen molar-refractivity contribution in [1.29, 1.82) is 0 Å². The van der Waals surface area contributed by atoms with E-state index in [1.807, 2.05) is 18.2 Å². The molecule has 2 aliphatic rings. The molecule has 17 heavy (non-hydrogen) atoms. The molecule has 0 bridgehead atoms. The lowest BCUT2D eigenvalue weighted by Crippen LogP contribution is -2.13. The van der Waals surface area contributed by atoms with Crippen molar-refractivity contribution in [3.05, 3.63) is 59.2 Å². The van der Waals surface area contributed by atoms with Crippen molar-refractivity contribution in [2.45, 2.75) is 12.8 Å². The number of ether oxygens (including phenoxy) is 1. The molecule has 0 fully saturated rings. The molecule has 0 unspecified atom stereocenters. The van der Waals surface area contributed by atoms with E-state index >= 15 is 0 Å². The van der Waals surface area contributed by atoms with Crippen LogP contribution in [0.15, 0.2) is 53.6 Å². The lowest BCUT2D eigenvalue weighted by Gasteiger charge is -2.21. The third kappa shape index (κ3) is 1.60. The zero-order chi connectivity index (χ0) is 11.8. The second-order valence-corrected chi connectivity index (χ2v) is 4.58. The molecule has 0 spiro atoms. The monoisotopic (exact) mass is 226 g/mol. The Morgan fingerprint density at radius 2 is 1.94 bits per heavy atom. The van der Waals surface area contributed by atoms with E-state index in [1.165, 1.54) is 0 Å². The number of rotatable bonds is 1. The van der Waals surface area contributed by atoms with E-state index in [-0.39, 0.29) is 11.9 Å². The highest BCUT2D eigenvalue weighted by Gasteiger charge is 2.35. The van der Waals surface area contributed by atoms with Crippen LogP contribution in [-0.4, -0.2) is 12.6 Å². The van der Waals surface area contributed by atoms with Crippen molar-refractivity contribution < 1.29 is 9.53 Å². The molecule has 1 heterocycles. The summed E-state index contributed by atoms with van der Waals surface area (Å²) in [6.45, 7) is 2.57. The number of carbonyl (C=O) groups excluding carboxylic acids is 1. The van der Waals surface area contributed by atoms with E-state index < -0.39 is 0 Å². The number of cyclic esters (lactones) is 1. The smallest absolute Gasteiger partial charge is 0.335 e. The topological polar surface area (TPSA) is 26.3 Å². The Morgan fingerprint density at radius 1 is 1.18 bits per heavy atom. The van der Waals surface area contributed by atoms with Gasteiger partial charge in [0, 0.05) is 5.92 Å². The van der Waals surface area contributed by atoms with Gasteiger partial charge in [0.25, 0.3) is 0 Å². The predicted molar refractivity (Wildman–Crippen MR) is 65.5 cm³/mol. The second-order valence-electron chi connectivity index (χ2n) is 4.58. The first-order valence-electron chi connectivity index (χ1n) is 5.90. The van der Waals surface area contributed by atoms with E-state index in [9.17, 15) is 4.79 Å². The summed E-state index contributed by atoms with van der Waals surface area (Å²) in [6, 6.07) is 10.1. The van der Waals surface area contributed by atoms with Gasteiger partial charge >= 0.3 is 5.97 Å². The van der Waals surface area contributed by atoms with Crippen LogP contribution >= 0.6 is 0 Å². The van der Waals surface area contributed by atoms with Crippen LogP contribution in [-0.2, 0) is 9.53 Å². The summed E-state index contributed by atoms with van der Waals surface area (Å²) in [7, 11) is 0. The van der Waals surface area contributed by atoms with Crippen molar-refractivity contribution in [3.63, 3.8) is 0 Å². The number of benzene rings is 1. The minimum absolute atomic E-state index is 0.0670. The first-order valence-corrected chi connectivity index (χ1v) is 5.90. The van der Waals surface area contributed by atoms with Gasteiger partial charge in [-0.25, -0.2) is 4.79 Å². The van der Waals surface area contributed by atoms with Gasteiger partial charge in [0.1, 0.15) is 6.61 Å². The Kier molecular flexibility index (Phi) is 2.36. The van der Waals surface area contributed by atoms with Crippen molar-refractivity contribution >= 4 is 5.97 Å². The van der Waals surface area contributed by atoms with Crippen molar-refractivity contribution in [2.75, 3.05) is 6.61 Å². The predicted octanol–water partition coefficient (Wildman–Crippen LogP) is 2.83. The minimum atomic E-state index is -0.148. The molecule has 0 saturated heterocycles. The van der Waals surface area contributed by atoms with Gasteiger partial charge in [-0.15, -0.1) is 0 Å². The largest absolute Gasteiger partial charge is 0.458 e. The van der Waals surface area contributed by atoms with Gasteiger partial charge in [-0.2, -0.15) is 0 Å². The molecule has 0 amide bonds. The van der Waals surface area contributed by atoms with Crippen LogP contribution in [0.3, 0.4) is 0 Å². The molecule has 0 radical (unpaired) electrons. The van der Waals surface area contributed by atoms with Crippen LogP contribution in [0.2, 0.25) is 0 Å². The van der Waals surface area contributed by atoms with E-state index in [4.69, 9.17) is 4.74 Å². The Labute approximate surface area is 101 Å². The average molecular weight is 226 g/mol. The highest BCUT2D eigenvalue weighted by atomic mass is 16.5. The summed E-state index contributed by atoms with van der Waals surface area (Å²) < 4.78 is 5.17. The maximum absolute atomic E-state index is 11.8. The van der Waals surface area contributed by atoms with Gasteiger partial charge in [-0.1, -0.05) is 49.4 Å². The van der Waals surface area contributed by atoms with Crippen LogP contribution in [0.25, 0.3) is 0 Å². The Balaban J connectivity index is 2.07. The van der Waals surface area contributed by atoms with Gasteiger partial charge in [-0.05, 0) is 17.1 Å². The first kappa shape index (κ1) is 10.3. The summed E-state index contributed by atoms with van der Waals surface area (Å²) in [4.78, 5) is 11.8. The first-order chi connectivity index (χ1) is 8.27. The van der Waals surface area contributed by atoms with Crippen LogP contribution in [0.4, 0.5) is 0 Å². The number of allylic oxidation sites excluding steroid dienone is 2. The molecule has 1 aliphatic heterocycles. The molecule has 0 saturated carbocycles. The van der Waals surface area contributed by atoms with Gasteiger partial charge in [0.05, 0.1) is 5.57 Å². The summed E-state index contributed by atoms with van der Waals surface area (Å²) in [5, 5.41) is 0. The summed E-state index contributed by atoms with van der Waals surface area (Å²) in [5.41, 5.74) is 3.15. The highest BCUT2D eigenvalue weighted by Crippen LogP contribution is 2.39. The fourth-order valence-electron chi connectivity index (χ4n) is 2.56. The normalized spacial score (nSPS) is 27.0. The zero-order valence-electron chi connectivity index (χ0n) is 9.72. The molecular formula is C15H14O2. The molecule has 86 valence electrons. The molecule has 0 N–H and O–H groups in total. The van der Waals surface area contributed by atoms with E-state index in [2.05, 4.69) is 31.2 Å². The van der Waals surface area contributed by atoms with Gasteiger partial charge in [0.15, 0.2) is 0 Å². The Hall–Kier alpha value is -1.83. The molecule has 2 nitrogen and oxygen atoms in total. The fourth-order valence-corrected chi connectivity index (χ4v) is 2.56. The fraction of sp³-hybridized carbons (Fsp3) is 0.267. The molecule has 3 rings (SSSR count). The maximum Gasteiger partial charge on any atom is 0.335 e. The van der Waals surface area contributed by atoms with Gasteiger partial charge < -0.3 is 4.74 Å². The van der Waals surface area contributed by atoms with Crippen molar-refractivity contribution in [2.24, 2.45) is 5.92 Å². The summed E-state index contributed by atoms with van der Waals surface area (Å²) in [6.07, 6.45) is 4.28. The highest BCUT2D eigenvalue weighted by molar-refractivity contribution is 5.94. The molecule has 2 heteroatoms. The van der Waals surface area contributed by atoms with E-state index in [1.54, 1.807) is 0 Å². The van der Waals surface area contributed by atoms with E-state index in [0.29, 0.717) is 12.5 Å². The zero-order valence-corrected chi connectivity index (χ0v) is 9.72. The molecule has 2 atom stereocenters. The van der Waals surface area contributed by atoms with Crippen LogP contribution in [0.1, 0.15) is 18.4 Å². The number of carbonyl (C=O) groups is 1. The van der Waals surface area contributed by atoms with Crippen molar-refractivity contribution in [1.82, 2.24) is 0 Å². The molecule has 1 aromatic rings. The standard InChI is InChI=1S/C15H14O2/c1-10-7-8-12(11-5-3-2-4-6-11)14-13(10)9-17-15(14)16/h2-8,10,12H,9H2,1H3/t10-,12-/m0/s1. The lowest BCUT2D eigenvalue weighted by molar-refractivity contribution is -0.136.